The van der Waals surface area contributed by atoms with Crippen molar-refractivity contribution in [1.82, 2.24) is 9.96 Å². The molecule has 1 aromatic carbocycles. The number of nitrogens with zero attached hydrogens (tertiary/aromatic N) is 2. The summed E-state index contributed by atoms with van der Waals surface area (Å²) in [6, 6.07) is -1.29. The van der Waals surface area contributed by atoms with Crippen molar-refractivity contribution in [3.05, 3.63) is 31.2 Å². The first-order chi connectivity index (χ1) is 14.8. The average Bonchev–Trinajstić information content (AvgIpc) is 2.93. The van der Waals surface area contributed by atoms with Gasteiger partial charge in [0.1, 0.15) is 5.60 Å². The highest BCUT2D eigenvalue weighted by Gasteiger charge is 2.47. The molecule has 0 saturated carbocycles. The lowest BCUT2D eigenvalue weighted by Crippen LogP contribution is -2.58. The number of carbonyl (C=O) groups is 4. The van der Waals surface area contributed by atoms with E-state index >= 15 is 0 Å². The number of ether oxygens (including phenoxy) is 2. The van der Waals surface area contributed by atoms with Crippen LogP contribution in [0.2, 0.25) is 20.1 Å². The summed E-state index contributed by atoms with van der Waals surface area (Å²) in [5.74, 6) is -3.21. The zero-order valence-electron chi connectivity index (χ0n) is 17.3. The first-order valence-electron chi connectivity index (χ1n) is 9.34. The molecule has 3 rings (SSSR count). The molecule has 174 valence electrons. The van der Waals surface area contributed by atoms with Gasteiger partial charge in [0.05, 0.1) is 43.9 Å². The van der Waals surface area contributed by atoms with Crippen molar-refractivity contribution < 1.29 is 33.5 Å². The molecule has 32 heavy (non-hydrogen) atoms. The first-order valence-corrected chi connectivity index (χ1v) is 10.8. The number of rotatable bonds is 2. The van der Waals surface area contributed by atoms with Crippen molar-refractivity contribution in [2.24, 2.45) is 0 Å². The van der Waals surface area contributed by atoms with E-state index in [-0.39, 0.29) is 49.4 Å². The predicted molar refractivity (Wildman–Crippen MR) is 115 cm³/mol. The number of carbonyl (C=O) groups excluding carboxylic acids is 4. The molecule has 2 heterocycles. The molecule has 9 nitrogen and oxygen atoms in total. The molecular formula is C19H18Cl4N2O7. The Morgan fingerprint density at radius 1 is 0.969 bits per heavy atom. The molecule has 0 spiro atoms. The van der Waals surface area contributed by atoms with Crippen LogP contribution in [0.25, 0.3) is 0 Å². The molecule has 0 aliphatic carbocycles. The molecule has 0 unspecified atom stereocenters. The number of hydrogen-bond acceptors (Lipinski definition) is 7. The Hall–Kier alpha value is -1.78. The van der Waals surface area contributed by atoms with E-state index in [1.807, 2.05) is 0 Å². The third-order valence-corrected chi connectivity index (χ3v) is 6.41. The van der Waals surface area contributed by atoms with Crippen LogP contribution in [0, 0.1) is 0 Å². The highest BCUT2D eigenvalue weighted by atomic mass is 35.5. The summed E-state index contributed by atoms with van der Waals surface area (Å²) in [6.45, 7) is 6.74. The number of imide groups is 1. The van der Waals surface area contributed by atoms with Gasteiger partial charge in [0.15, 0.2) is 6.04 Å². The molecule has 2 aliphatic heterocycles. The van der Waals surface area contributed by atoms with Crippen LogP contribution < -0.4 is 0 Å². The second kappa shape index (κ2) is 8.87. The molecule has 0 N–H and O–H groups in total. The highest BCUT2D eigenvalue weighted by Crippen LogP contribution is 2.45. The van der Waals surface area contributed by atoms with Gasteiger partial charge in [0.2, 0.25) is 0 Å². The highest BCUT2D eigenvalue weighted by molar-refractivity contribution is 6.55. The summed E-state index contributed by atoms with van der Waals surface area (Å²) in [5.41, 5.74) is -1.51. The second-order valence-electron chi connectivity index (χ2n) is 8.02. The largest absolute Gasteiger partial charge is 0.444 e. The zero-order chi connectivity index (χ0) is 24.1. The van der Waals surface area contributed by atoms with E-state index in [1.54, 1.807) is 20.8 Å². The van der Waals surface area contributed by atoms with Crippen LogP contribution in [-0.4, -0.2) is 64.7 Å². The summed E-state index contributed by atoms with van der Waals surface area (Å²) in [4.78, 5) is 57.4. The van der Waals surface area contributed by atoms with Gasteiger partial charge >= 0.3 is 12.1 Å². The fourth-order valence-electron chi connectivity index (χ4n) is 3.22. The van der Waals surface area contributed by atoms with Crippen LogP contribution in [0.5, 0.6) is 0 Å². The van der Waals surface area contributed by atoms with Crippen molar-refractivity contribution in [1.29, 1.82) is 0 Å². The van der Waals surface area contributed by atoms with Crippen LogP contribution >= 0.6 is 46.4 Å². The molecule has 13 heteroatoms. The number of halogens is 4. The Kier molecular flexibility index (Phi) is 6.89. The van der Waals surface area contributed by atoms with Gasteiger partial charge in [0, 0.05) is 6.54 Å². The van der Waals surface area contributed by atoms with E-state index in [1.165, 1.54) is 6.92 Å². The lowest BCUT2D eigenvalue weighted by atomic mass is 10.1. The molecule has 3 amide bonds. The fourth-order valence-corrected chi connectivity index (χ4v) is 4.23. The molecule has 0 bridgehead atoms. The first kappa shape index (κ1) is 24.9. The molecule has 2 atom stereocenters. The molecule has 1 aromatic rings. The van der Waals surface area contributed by atoms with Crippen LogP contribution in [-0.2, 0) is 19.1 Å². The predicted octanol–water partition coefficient (Wildman–Crippen LogP) is 4.38. The van der Waals surface area contributed by atoms with E-state index in [9.17, 15) is 19.2 Å². The SMILES string of the molecule is C[C@@H]1OCCN(C(=O)OC(C)(C)C)[C@H]1C(=O)ON1C(=O)c2c(Cl)c(Cl)c(Cl)c(Cl)c2C1=O. The fraction of sp³-hybridized carbons (Fsp3) is 0.474. The van der Waals surface area contributed by atoms with Crippen molar-refractivity contribution in [3.63, 3.8) is 0 Å². The Bertz CT molecular complexity index is 977. The minimum atomic E-state index is -1.29. The van der Waals surface area contributed by atoms with Gasteiger partial charge in [-0.2, -0.15) is 0 Å². The van der Waals surface area contributed by atoms with Crippen molar-refractivity contribution in [2.75, 3.05) is 13.2 Å². The average molecular weight is 528 g/mol. The maximum absolute atomic E-state index is 13.0. The van der Waals surface area contributed by atoms with Gasteiger partial charge in [-0.15, -0.1) is 0 Å². The third-order valence-electron chi connectivity index (χ3n) is 4.61. The van der Waals surface area contributed by atoms with Crippen LogP contribution in [0.15, 0.2) is 0 Å². The Morgan fingerprint density at radius 3 is 1.94 bits per heavy atom. The molecule has 0 radical (unpaired) electrons. The normalized spacial score (nSPS) is 21.0. The van der Waals surface area contributed by atoms with Crippen molar-refractivity contribution in [2.45, 2.75) is 45.4 Å². The van der Waals surface area contributed by atoms with Gasteiger partial charge in [-0.1, -0.05) is 51.5 Å². The monoisotopic (exact) mass is 526 g/mol. The van der Waals surface area contributed by atoms with Crippen molar-refractivity contribution in [3.8, 4) is 0 Å². The number of fused-ring (bicyclic) bond motifs is 1. The van der Waals surface area contributed by atoms with Gasteiger partial charge in [-0.05, 0) is 27.7 Å². The van der Waals surface area contributed by atoms with Crippen LogP contribution in [0.4, 0.5) is 4.79 Å². The van der Waals surface area contributed by atoms with E-state index in [0.717, 1.165) is 4.90 Å². The topological polar surface area (TPSA) is 102 Å². The smallest absolute Gasteiger partial charge is 0.411 e. The Morgan fingerprint density at radius 2 is 1.47 bits per heavy atom. The third kappa shape index (κ3) is 4.36. The van der Waals surface area contributed by atoms with Crippen molar-refractivity contribution >= 4 is 70.3 Å². The number of benzene rings is 1. The quantitative estimate of drug-likeness (QED) is 0.319. The van der Waals surface area contributed by atoms with Crippen LogP contribution in [0.1, 0.15) is 48.4 Å². The summed E-state index contributed by atoms with van der Waals surface area (Å²) < 4.78 is 10.8. The minimum absolute atomic E-state index is 0.0318. The molecular weight excluding hydrogens is 510 g/mol. The number of morpholine rings is 1. The number of amides is 3. The standard InChI is InChI=1S/C19H18Cl4N2O7/c1-7-14(24(5-6-30-7)18(29)31-19(2,3)4)17(28)32-25-15(26)8-9(16(25)27)11(21)13(23)12(22)10(8)20/h7,14H,5-6H2,1-4H3/t7-,14+/m0/s1. The molecule has 2 aliphatic rings. The van der Waals surface area contributed by atoms with Gasteiger partial charge in [-0.25, -0.2) is 9.59 Å². The van der Waals surface area contributed by atoms with E-state index in [0.29, 0.717) is 0 Å². The number of hydrogen-bond donors (Lipinski definition) is 0. The van der Waals surface area contributed by atoms with Gasteiger partial charge in [0.25, 0.3) is 11.8 Å². The molecule has 1 fully saturated rings. The van der Waals surface area contributed by atoms with Gasteiger partial charge in [-0.3, -0.25) is 14.5 Å². The molecule has 0 aromatic heterocycles. The maximum atomic E-state index is 13.0. The van der Waals surface area contributed by atoms with E-state index in [4.69, 9.17) is 60.7 Å². The number of hydroxylamine groups is 2. The van der Waals surface area contributed by atoms with Crippen LogP contribution in [0.3, 0.4) is 0 Å². The summed E-state index contributed by atoms with van der Waals surface area (Å²) in [6.07, 6.45) is -1.59. The summed E-state index contributed by atoms with van der Waals surface area (Å²) >= 11 is 24.1. The van der Waals surface area contributed by atoms with E-state index < -0.39 is 41.6 Å². The zero-order valence-corrected chi connectivity index (χ0v) is 20.4. The Balaban J connectivity index is 1.89. The van der Waals surface area contributed by atoms with Gasteiger partial charge < -0.3 is 14.3 Å². The summed E-state index contributed by atoms with van der Waals surface area (Å²) in [5, 5.41) is -0.865. The second-order valence-corrected chi connectivity index (χ2v) is 9.53. The minimum Gasteiger partial charge on any atom is -0.444 e. The van der Waals surface area contributed by atoms with E-state index in [2.05, 4.69) is 0 Å². The Labute approximate surface area is 203 Å². The maximum Gasteiger partial charge on any atom is 0.411 e. The lowest BCUT2D eigenvalue weighted by Gasteiger charge is -2.38. The summed E-state index contributed by atoms with van der Waals surface area (Å²) in [7, 11) is 0. The molecule has 1 saturated heterocycles. The lowest BCUT2D eigenvalue weighted by molar-refractivity contribution is -0.184.